The van der Waals surface area contributed by atoms with E-state index in [-0.39, 0.29) is 5.41 Å². The van der Waals surface area contributed by atoms with Crippen molar-refractivity contribution in [3.63, 3.8) is 0 Å². The molecule has 0 aliphatic carbocycles. The Bertz CT molecular complexity index is 307. The van der Waals surface area contributed by atoms with Crippen molar-refractivity contribution in [3.05, 3.63) is 18.0 Å². The Morgan fingerprint density at radius 2 is 1.93 bits per heavy atom. The van der Waals surface area contributed by atoms with Crippen LogP contribution >= 0.6 is 0 Å². The van der Waals surface area contributed by atoms with Gasteiger partial charge in [0.2, 0.25) is 0 Å². The molecule has 0 saturated carbocycles. The minimum Gasteiger partial charge on any atom is -0.389 e. The maximum atomic E-state index is 10.3. The molecule has 1 rings (SSSR count). The van der Waals surface area contributed by atoms with Crippen molar-refractivity contribution >= 4 is 0 Å². The van der Waals surface area contributed by atoms with Crippen molar-refractivity contribution in [2.75, 3.05) is 0 Å². The van der Waals surface area contributed by atoms with Gasteiger partial charge >= 0.3 is 0 Å². The number of hydrogen-bond donors (Lipinski definition) is 1. The highest BCUT2D eigenvalue weighted by Crippen LogP contribution is 2.32. The summed E-state index contributed by atoms with van der Waals surface area (Å²) < 4.78 is 1.76. The van der Waals surface area contributed by atoms with Crippen LogP contribution in [0.4, 0.5) is 0 Å². The summed E-state index contributed by atoms with van der Waals surface area (Å²) in [6.07, 6.45) is 4.39. The van der Waals surface area contributed by atoms with Crippen LogP contribution in [0.1, 0.15) is 33.3 Å². The van der Waals surface area contributed by atoms with E-state index in [0.29, 0.717) is 6.42 Å². The Morgan fingerprint density at radius 3 is 2.29 bits per heavy atom. The quantitative estimate of drug-likeness (QED) is 0.782. The SMILES string of the molecule is Cn1cc(CC(C)(O)C(C)(C)C)cn1. The molecular formula is C11H20N2O. The van der Waals surface area contributed by atoms with E-state index in [1.165, 1.54) is 0 Å². The molecule has 0 amide bonds. The molecule has 1 N–H and O–H groups in total. The Labute approximate surface area is 85.8 Å². The summed E-state index contributed by atoms with van der Waals surface area (Å²) in [5, 5.41) is 14.4. The number of hydrogen-bond acceptors (Lipinski definition) is 2. The zero-order valence-electron chi connectivity index (χ0n) is 9.70. The van der Waals surface area contributed by atoms with Gasteiger partial charge in [0.25, 0.3) is 0 Å². The molecule has 0 radical (unpaired) electrons. The lowest BCUT2D eigenvalue weighted by atomic mass is 9.75. The molecule has 3 heteroatoms. The van der Waals surface area contributed by atoms with E-state index in [2.05, 4.69) is 5.10 Å². The maximum Gasteiger partial charge on any atom is 0.0709 e. The predicted octanol–water partition coefficient (Wildman–Crippen LogP) is 1.76. The number of aliphatic hydroxyl groups is 1. The summed E-state index contributed by atoms with van der Waals surface area (Å²) in [4.78, 5) is 0. The molecule has 0 saturated heterocycles. The van der Waals surface area contributed by atoms with E-state index in [1.54, 1.807) is 10.9 Å². The second kappa shape index (κ2) is 3.39. The Hall–Kier alpha value is -0.830. The van der Waals surface area contributed by atoms with Crippen LogP contribution in [-0.4, -0.2) is 20.5 Å². The average molecular weight is 196 g/mol. The van der Waals surface area contributed by atoms with Crippen LogP contribution in [0.25, 0.3) is 0 Å². The molecule has 0 aromatic carbocycles. The first kappa shape index (κ1) is 11.2. The molecule has 3 nitrogen and oxygen atoms in total. The van der Waals surface area contributed by atoms with Crippen molar-refractivity contribution < 1.29 is 5.11 Å². The lowest BCUT2D eigenvalue weighted by Crippen LogP contribution is -2.41. The second-order valence-corrected chi connectivity index (χ2v) is 5.22. The second-order valence-electron chi connectivity index (χ2n) is 5.22. The van der Waals surface area contributed by atoms with Crippen LogP contribution in [0.5, 0.6) is 0 Å². The smallest absolute Gasteiger partial charge is 0.0709 e. The normalized spacial score (nSPS) is 16.7. The van der Waals surface area contributed by atoms with E-state index in [1.807, 2.05) is 40.9 Å². The minimum atomic E-state index is -0.698. The third-order valence-electron chi connectivity index (χ3n) is 2.92. The van der Waals surface area contributed by atoms with Gasteiger partial charge in [-0.1, -0.05) is 20.8 Å². The third kappa shape index (κ3) is 2.35. The molecule has 1 atom stereocenters. The minimum absolute atomic E-state index is 0.122. The van der Waals surface area contributed by atoms with Gasteiger partial charge in [0.1, 0.15) is 0 Å². The number of rotatable bonds is 2. The van der Waals surface area contributed by atoms with Crippen LogP contribution in [0.15, 0.2) is 12.4 Å². The van der Waals surface area contributed by atoms with Crippen molar-refractivity contribution in [3.8, 4) is 0 Å². The molecule has 1 unspecified atom stereocenters. The third-order valence-corrected chi connectivity index (χ3v) is 2.92. The number of aromatic nitrogens is 2. The van der Waals surface area contributed by atoms with Crippen molar-refractivity contribution in [2.24, 2.45) is 12.5 Å². The highest BCUT2D eigenvalue weighted by Gasteiger charge is 2.35. The van der Waals surface area contributed by atoms with E-state index in [9.17, 15) is 5.11 Å². The maximum absolute atomic E-state index is 10.3. The molecule has 0 bridgehead atoms. The van der Waals surface area contributed by atoms with Gasteiger partial charge < -0.3 is 5.11 Å². The first-order valence-electron chi connectivity index (χ1n) is 4.92. The van der Waals surface area contributed by atoms with E-state index in [4.69, 9.17) is 0 Å². The van der Waals surface area contributed by atoms with Gasteiger partial charge in [0.15, 0.2) is 0 Å². The Kier molecular flexibility index (Phi) is 2.72. The zero-order valence-corrected chi connectivity index (χ0v) is 9.70. The predicted molar refractivity (Wildman–Crippen MR) is 57.0 cm³/mol. The van der Waals surface area contributed by atoms with Crippen LogP contribution in [0, 0.1) is 5.41 Å². The van der Waals surface area contributed by atoms with Gasteiger partial charge in [0.05, 0.1) is 11.8 Å². The zero-order chi connectivity index (χ0) is 11.0. The summed E-state index contributed by atoms with van der Waals surface area (Å²) in [6, 6.07) is 0. The molecule has 0 aliphatic rings. The summed E-state index contributed by atoms with van der Waals surface area (Å²) in [5.41, 5.74) is 0.256. The largest absolute Gasteiger partial charge is 0.389 e. The Morgan fingerprint density at radius 1 is 1.36 bits per heavy atom. The van der Waals surface area contributed by atoms with Crippen LogP contribution in [0.2, 0.25) is 0 Å². The first-order chi connectivity index (χ1) is 6.22. The fourth-order valence-electron chi connectivity index (χ4n) is 1.23. The van der Waals surface area contributed by atoms with Gasteiger partial charge in [-0.2, -0.15) is 5.10 Å². The number of nitrogens with zero attached hydrogens (tertiary/aromatic N) is 2. The summed E-state index contributed by atoms with van der Waals surface area (Å²) in [6.45, 7) is 8.01. The molecular weight excluding hydrogens is 176 g/mol. The van der Waals surface area contributed by atoms with Crippen LogP contribution in [0.3, 0.4) is 0 Å². The monoisotopic (exact) mass is 196 g/mol. The van der Waals surface area contributed by atoms with Crippen molar-refractivity contribution in [1.82, 2.24) is 9.78 Å². The summed E-state index contributed by atoms with van der Waals surface area (Å²) >= 11 is 0. The number of aryl methyl sites for hydroxylation is 1. The fraction of sp³-hybridized carbons (Fsp3) is 0.727. The molecule has 0 spiro atoms. The highest BCUT2D eigenvalue weighted by atomic mass is 16.3. The van der Waals surface area contributed by atoms with Crippen molar-refractivity contribution in [1.29, 1.82) is 0 Å². The molecule has 0 fully saturated rings. The van der Waals surface area contributed by atoms with Gasteiger partial charge in [-0.3, -0.25) is 4.68 Å². The standard InChI is InChI=1S/C11H20N2O/c1-10(2,3)11(4,14)6-9-7-12-13(5)8-9/h7-8,14H,6H2,1-5H3. The Balaban J connectivity index is 2.78. The van der Waals surface area contributed by atoms with Gasteiger partial charge in [0, 0.05) is 19.7 Å². The van der Waals surface area contributed by atoms with Crippen molar-refractivity contribution in [2.45, 2.75) is 39.7 Å². The van der Waals surface area contributed by atoms with E-state index >= 15 is 0 Å². The molecule has 1 aromatic rings. The molecule has 0 aliphatic heterocycles. The average Bonchev–Trinajstić information content (AvgIpc) is 2.31. The molecule has 14 heavy (non-hydrogen) atoms. The molecule has 1 heterocycles. The van der Waals surface area contributed by atoms with Gasteiger partial charge in [-0.25, -0.2) is 0 Å². The van der Waals surface area contributed by atoms with Gasteiger partial charge in [-0.15, -0.1) is 0 Å². The topological polar surface area (TPSA) is 38.0 Å². The highest BCUT2D eigenvalue weighted by molar-refractivity contribution is 5.09. The molecule has 1 aromatic heterocycles. The first-order valence-corrected chi connectivity index (χ1v) is 4.92. The van der Waals surface area contributed by atoms with Crippen LogP contribution < -0.4 is 0 Å². The van der Waals surface area contributed by atoms with E-state index < -0.39 is 5.60 Å². The summed E-state index contributed by atoms with van der Waals surface area (Å²) in [5.74, 6) is 0. The van der Waals surface area contributed by atoms with Gasteiger partial charge in [-0.05, 0) is 17.9 Å². The van der Waals surface area contributed by atoms with Crippen LogP contribution in [-0.2, 0) is 13.5 Å². The van der Waals surface area contributed by atoms with E-state index in [0.717, 1.165) is 5.56 Å². The summed E-state index contributed by atoms with van der Waals surface area (Å²) in [7, 11) is 1.88. The lowest BCUT2D eigenvalue weighted by molar-refractivity contribution is -0.0405. The molecule has 80 valence electrons. The fourth-order valence-corrected chi connectivity index (χ4v) is 1.23. The lowest BCUT2D eigenvalue weighted by Gasteiger charge is -2.36.